The molecule has 0 radical (unpaired) electrons. The van der Waals surface area contributed by atoms with Crippen molar-refractivity contribution < 1.29 is 14.2 Å². The van der Waals surface area contributed by atoms with Crippen molar-refractivity contribution in [1.29, 1.82) is 0 Å². The zero-order chi connectivity index (χ0) is 19.7. The summed E-state index contributed by atoms with van der Waals surface area (Å²) in [5.74, 6) is 2.90. The molecule has 0 fully saturated rings. The number of ether oxygens (including phenoxy) is 3. The molecule has 9 heteroatoms. The summed E-state index contributed by atoms with van der Waals surface area (Å²) >= 11 is 7.57. The van der Waals surface area contributed by atoms with Gasteiger partial charge in [0.05, 0.1) is 27.0 Å². The van der Waals surface area contributed by atoms with Crippen LogP contribution in [0.2, 0.25) is 5.02 Å². The number of nitrogens with zero attached hydrogens (tertiary/aromatic N) is 4. The molecule has 28 heavy (non-hydrogen) atoms. The molecule has 0 saturated carbocycles. The Bertz CT molecular complexity index is 1020. The van der Waals surface area contributed by atoms with Gasteiger partial charge in [-0.1, -0.05) is 35.5 Å². The number of thioether (sulfide) groups is 1. The van der Waals surface area contributed by atoms with Crippen LogP contribution in [0.3, 0.4) is 0 Å². The van der Waals surface area contributed by atoms with Crippen molar-refractivity contribution in [3.63, 3.8) is 0 Å². The highest BCUT2D eigenvalue weighted by Crippen LogP contribution is 2.41. The molecule has 7 nitrogen and oxygen atoms in total. The summed E-state index contributed by atoms with van der Waals surface area (Å²) in [4.78, 5) is 0. The Balaban J connectivity index is 1.81. The van der Waals surface area contributed by atoms with E-state index in [1.54, 1.807) is 37.8 Å². The third-order valence-electron chi connectivity index (χ3n) is 4.27. The van der Waals surface area contributed by atoms with Crippen molar-refractivity contribution in [3.8, 4) is 28.6 Å². The van der Waals surface area contributed by atoms with Crippen molar-refractivity contribution in [3.05, 3.63) is 47.0 Å². The number of methoxy groups -OCH3 is 3. The molecule has 3 aromatic rings. The molecule has 1 aliphatic rings. The Labute approximate surface area is 171 Å². The summed E-state index contributed by atoms with van der Waals surface area (Å²) in [7, 11) is 4.72. The zero-order valence-corrected chi connectivity index (χ0v) is 17.0. The Morgan fingerprint density at radius 3 is 2.21 bits per heavy atom. The Kier molecular flexibility index (Phi) is 5.15. The molecule has 1 aliphatic heterocycles. The minimum absolute atomic E-state index is 0.520. The van der Waals surface area contributed by atoms with Gasteiger partial charge in [0.1, 0.15) is 0 Å². The number of benzene rings is 2. The van der Waals surface area contributed by atoms with E-state index in [9.17, 15) is 0 Å². The molecular formula is C19H17ClN4O3S. The van der Waals surface area contributed by atoms with E-state index >= 15 is 0 Å². The van der Waals surface area contributed by atoms with Crippen molar-refractivity contribution in [2.24, 2.45) is 5.10 Å². The first kappa shape index (κ1) is 18.6. The second-order valence-corrected chi connectivity index (χ2v) is 7.25. The minimum atomic E-state index is 0.520. The zero-order valence-electron chi connectivity index (χ0n) is 15.5. The van der Waals surface area contributed by atoms with Crippen LogP contribution in [0.25, 0.3) is 11.4 Å². The van der Waals surface area contributed by atoms with E-state index in [1.807, 2.05) is 36.4 Å². The number of hydrogen-bond acceptors (Lipinski definition) is 7. The normalized spacial score (nSPS) is 12.9. The number of halogens is 1. The van der Waals surface area contributed by atoms with Crippen LogP contribution in [0.5, 0.6) is 17.2 Å². The molecule has 144 valence electrons. The summed E-state index contributed by atoms with van der Waals surface area (Å²) in [5.41, 5.74) is 2.68. The topological polar surface area (TPSA) is 70.8 Å². The number of aromatic nitrogens is 3. The highest BCUT2D eigenvalue weighted by Gasteiger charge is 2.23. The van der Waals surface area contributed by atoms with Gasteiger partial charge in [0, 0.05) is 16.3 Å². The van der Waals surface area contributed by atoms with Gasteiger partial charge in [-0.3, -0.25) is 0 Å². The molecule has 0 N–H and O–H groups in total. The first-order valence-electron chi connectivity index (χ1n) is 8.37. The Morgan fingerprint density at radius 2 is 1.61 bits per heavy atom. The van der Waals surface area contributed by atoms with Crippen LogP contribution in [0, 0.1) is 0 Å². The molecule has 0 unspecified atom stereocenters. The second-order valence-electron chi connectivity index (χ2n) is 5.87. The van der Waals surface area contributed by atoms with Gasteiger partial charge in [0.15, 0.2) is 17.3 Å². The van der Waals surface area contributed by atoms with Crippen LogP contribution in [0.1, 0.15) is 5.56 Å². The minimum Gasteiger partial charge on any atom is -0.493 e. The van der Waals surface area contributed by atoms with Gasteiger partial charge in [-0.05, 0) is 29.8 Å². The summed E-state index contributed by atoms with van der Waals surface area (Å²) in [6.45, 7) is 0. The molecule has 0 aliphatic carbocycles. The lowest BCUT2D eigenvalue weighted by Gasteiger charge is -2.16. The monoisotopic (exact) mass is 416 g/mol. The lowest BCUT2D eigenvalue weighted by atomic mass is 10.1. The number of rotatable bonds is 5. The van der Waals surface area contributed by atoms with Crippen molar-refractivity contribution in [2.75, 3.05) is 27.1 Å². The summed E-state index contributed by atoms with van der Waals surface area (Å²) < 4.78 is 18.0. The van der Waals surface area contributed by atoms with Gasteiger partial charge >= 0.3 is 0 Å². The Hall–Kier alpha value is -2.71. The lowest BCUT2D eigenvalue weighted by Crippen LogP contribution is -2.13. The van der Waals surface area contributed by atoms with Crippen molar-refractivity contribution in [1.82, 2.24) is 14.9 Å². The fourth-order valence-electron chi connectivity index (χ4n) is 2.90. The predicted molar refractivity (Wildman–Crippen MR) is 109 cm³/mol. The molecule has 0 bridgehead atoms. The maximum atomic E-state index is 6.00. The molecular weight excluding hydrogens is 400 g/mol. The number of fused-ring (bicyclic) bond motifs is 1. The molecule has 0 amide bonds. The average Bonchev–Trinajstić information content (AvgIpc) is 3.16. The average molecular weight is 417 g/mol. The van der Waals surface area contributed by atoms with Crippen LogP contribution in [0.15, 0.2) is 46.7 Å². The van der Waals surface area contributed by atoms with Gasteiger partial charge < -0.3 is 14.2 Å². The highest BCUT2D eigenvalue weighted by atomic mass is 35.5. The van der Waals surface area contributed by atoms with Crippen molar-refractivity contribution >= 4 is 29.1 Å². The fourth-order valence-corrected chi connectivity index (χ4v) is 3.87. The van der Waals surface area contributed by atoms with Crippen LogP contribution < -0.4 is 14.2 Å². The van der Waals surface area contributed by atoms with Crippen LogP contribution in [-0.2, 0) is 0 Å². The molecule has 2 heterocycles. The van der Waals surface area contributed by atoms with Crippen LogP contribution in [0.4, 0.5) is 0 Å². The van der Waals surface area contributed by atoms with E-state index in [1.165, 1.54) is 0 Å². The predicted octanol–water partition coefficient (Wildman–Crippen LogP) is 3.98. The molecule has 0 saturated heterocycles. The molecule has 0 atom stereocenters. The van der Waals surface area contributed by atoms with E-state index in [4.69, 9.17) is 30.9 Å². The van der Waals surface area contributed by atoms with E-state index in [-0.39, 0.29) is 0 Å². The molecule has 0 spiro atoms. The van der Waals surface area contributed by atoms with Gasteiger partial charge in [0.25, 0.3) is 0 Å². The largest absolute Gasteiger partial charge is 0.493 e. The first-order valence-corrected chi connectivity index (χ1v) is 9.73. The maximum Gasteiger partial charge on any atom is 0.212 e. The molecule has 4 rings (SSSR count). The maximum absolute atomic E-state index is 6.00. The van der Waals surface area contributed by atoms with E-state index < -0.39 is 0 Å². The lowest BCUT2D eigenvalue weighted by molar-refractivity contribution is 0.324. The third-order valence-corrected chi connectivity index (χ3v) is 5.45. The van der Waals surface area contributed by atoms with E-state index in [2.05, 4.69) is 10.2 Å². The van der Waals surface area contributed by atoms with Gasteiger partial charge in [-0.25, -0.2) is 0 Å². The third kappa shape index (κ3) is 3.29. The van der Waals surface area contributed by atoms with Crippen LogP contribution in [-0.4, -0.2) is 47.7 Å². The van der Waals surface area contributed by atoms with E-state index in [0.717, 1.165) is 22.0 Å². The van der Waals surface area contributed by atoms with Crippen molar-refractivity contribution in [2.45, 2.75) is 5.16 Å². The second kappa shape index (κ2) is 7.73. The SMILES string of the molecule is COc1cc(-c2nnc3n2N=C(c2ccc(Cl)cc2)CS3)cc(OC)c1OC. The summed E-state index contributed by atoms with van der Waals surface area (Å²) in [6, 6.07) is 11.3. The van der Waals surface area contributed by atoms with E-state index in [0.29, 0.717) is 33.8 Å². The van der Waals surface area contributed by atoms with Crippen LogP contribution >= 0.6 is 23.4 Å². The summed E-state index contributed by atoms with van der Waals surface area (Å²) in [5, 5.41) is 14.8. The Morgan fingerprint density at radius 1 is 0.929 bits per heavy atom. The molecule has 2 aromatic carbocycles. The fraction of sp³-hybridized carbons (Fsp3) is 0.211. The quantitative estimate of drug-likeness (QED) is 0.626. The first-order chi connectivity index (χ1) is 13.6. The number of hydrogen-bond donors (Lipinski definition) is 0. The smallest absolute Gasteiger partial charge is 0.212 e. The van der Waals surface area contributed by atoms with Gasteiger partial charge in [-0.2, -0.15) is 9.78 Å². The highest BCUT2D eigenvalue weighted by molar-refractivity contribution is 7.99. The standard InChI is InChI=1S/C19H17ClN4O3S/c1-25-15-8-12(9-16(26-2)17(15)27-3)18-21-22-19-24(18)23-14(10-28-19)11-4-6-13(20)7-5-11/h4-9H,10H2,1-3H3. The van der Waals surface area contributed by atoms with Gasteiger partial charge in [-0.15, -0.1) is 10.2 Å². The van der Waals surface area contributed by atoms with Gasteiger partial charge in [0.2, 0.25) is 10.9 Å². The summed E-state index contributed by atoms with van der Waals surface area (Å²) in [6.07, 6.45) is 0. The molecule has 1 aromatic heterocycles.